The molecule has 0 fully saturated rings. The lowest BCUT2D eigenvalue weighted by Gasteiger charge is -2.12. The van der Waals surface area contributed by atoms with Crippen molar-refractivity contribution in [1.29, 1.82) is 0 Å². The third-order valence-electron chi connectivity index (χ3n) is 4.19. The Kier molecular flexibility index (Phi) is 4.78. The SMILES string of the molecule is COCCn1c(Cc2ccccc2F)nc2sc(C)c(C)c2c1=O. The largest absolute Gasteiger partial charge is 0.383 e. The second kappa shape index (κ2) is 6.83. The van der Waals surface area contributed by atoms with Gasteiger partial charge in [0.15, 0.2) is 0 Å². The number of aromatic nitrogens is 2. The number of methoxy groups -OCH3 is 1. The molecule has 0 N–H and O–H groups in total. The number of nitrogens with zero attached hydrogens (tertiary/aromatic N) is 2. The molecule has 0 aliphatic rings. The van der Waals surface area contributed by atoms with Crippen LogP contribution in [0.3, 0.4) is 0 Å². The van der Waals surface area contributed by atoms with Crippen molar-refractivity contribution in [2.75, 3.05) is 13.7 Å². The van der Waals surface area contributed by atoms with Crippen LogP contribution < -0.4 is 5.56 Å². The molecule has 0 amide bonds. The first-order valence-corrected chi connectivity index (χ1v) is 8.56. The van der Waals surface area contributed by atoms with Crippen LogP contribution in [0.15, 0.2) is 29.1 Å². The fourth-order valence-electron chi connectivity index (χ4n) is 2.73. The van der Waals surface area contributed by atoms with Crippen molar-refractivity contribution in [2.24, 2.45) is 0 Å². The molecule has 0 radical (unpaired) electrons. The maximum atomic E-state index is 14.0. The number of benzene rings is 1. The minimum atomic E-state index is -0.288. The Morgan fingerprint density at radius 3 is 2.75 bits per heavy atom. The summed E-state index contributed by atoms with van der Waals surface area (Å²) < 4.78 is 20.7. The third kappa shape index (κ3) is 2.99. The summed E-state index contributed by atoms with van der Waals surface area (Å²) in [6, 6.07) is 6.58. The molecule has 3 aromatic rings. The van der Waals surface area contributed by atoms with Gasteiger partial charge in [0, 0.05) is 18.4 Å². The molecule has 126 valence electrons. The minimum absolute atomic E-state index is 0.0785. The van der Waals surface area contributed by atoms with Gasteiger partial charge in [-0.1, -0.05) is 18.2 Å². The van der Waals surface area contributed by atoms with Crippen molar-refractivity contribution in [2.45, 2.75) is 26.8 Å². The number of ether oxygens (including phenoxy) is 1. The Labute approximate surface area is 143 Å². The monoisotopic (exact) mass is 346 g/mol. The van der Waals surface area contributed by atoms with Crippen LogP contribution >= 0.6 is 11.3 Å². The predicted octanol–water partition coefficient (Wildman–Crippen LogP) is 3.45. The van der Waals surface area contributed by atoms with E-state index in [1.165, 1.54) is 17.4 Å². The van der Waals surface area contributed by atoms with Crippen LogP contribution in [0.25, 0.3) is 10.2 Å². The highest BCUT2D eigenvalue weighted by atomic mass is 32.1. The molecule has 0 spiro atoms. The van der Waals surface area contributed by atoms with E-state index >= 15 is 0 Å². The maximum Gasteiger partial charge on any atom is 0.262 e. The van der Waals surface area contributed by atoms with Gasteiger partial charge < -0.3 is 4.74 Å². The Bertz CT molecular complexity index is 946. The Morgan fingerprint density at radius 1 is 1.29 bits per heavy atom. The third-order valence-corrected chi connectivity index (χ3v) is 5.29. The van der Waals surface area contributed by atoms with E-state index in [9.17, 15) is 9.18 Å². The molecule has 0 saturated heterocycles. The zero-order valence-corrected chi connectivity index (χ0v) is 14.7. The highest BCUT2D eigenvalue weighted by Crippen LogP contribution is 2.26. The van der Waals surface area contributed by atoms with Crippen LogP contribution in [0.2, 0.25) is 0 Å². The quantitative estimate of drug-likeness (QED) is 0.711. The Hall–Kier alpha value is -2.05. The van der Waals surface area contributed by atoms with Gasteiger partial charge in [-0.3, -0.25) is 9.36 Å². The van der Waals surface area contributed by atoms with Crippen LogP contribution in [0.5, 0.6) is 0 Å². The zero-order chi connectivity index (χ0) is 17.3. The van der Waals surface area contributed by atoms with Gasteiger partial charge in [0.1, 0.15) is 16.5 Å². The summed E-state index contributed by atoms with van der Waals surface area (Å²) in [6.07, 6.45) is 0.275. The molecule has 0 aliphatic carbocycles. The van der Waals surface area contributed by atoms with E-state index in [2.05, 4.69) is 4.98 Å². The number of halogens is 1. The second-order valence-electron chi connectivity index (χ2n) is 5.71. The molecule has 2 heterocycles. The topological polar surface area (TPSA) is 44.1 Å². The molecule has 24 heavy (non-hydrogen) atoms. The van der Waals surface area contributed by atoms with Gasteiger partial charge in [-0.2, -0.15) is 0 Å². The number of thiophene rings is 1. The van der Waals surface area contributed by atoms with Gasteiger partial charge in [0.2, 0.25) is 0 Å². The van der Waals surface area contributed by atoms with E-state index < -0.39 is 0 Å². The highest BCUT2D eigenvalue weighted by Gasteiger charge is 2.17. The van der Waals surface area contributed by atoms with Gasteiger partial charge in [0.05, 0.1) is 18.5 Å². The van der Waals surface area contributed by atoms with Crippen molar-refractivity contribution in [3.8, 4) is 0 Å². The normalized spacial score (nSPS) is 11.3. The van der Waals surface area contributed by atoms with Crippen LogP contribution in [0.4, 0.5) is 4.39 Å². The van der Waals surface area contributed by atoms with Gasteiger partial charge >= 0.3 is 0 Å². The summed E-state index contributed by atoms with van der Waals surface area (Å²) in [5.41, 5.74) is 1.42. The maximum absolute atomic E-state index is 14.0. The van der Waals surface area contributed by atoms with E-state index in [1.54, 1.807) is 29.9 Å². The van der Waals surface area contributed by atoms with Crippen molar-refractivity contribution in [1.82, 2.24) is 9.55 Å². The molecule has 0 atom stereocenters. The van der Waals surface area contributed by atoms with E-state index in [0.717, 1.165) is 15.3 Å². The van der Waals surface area contributed by atoms with E-state index in [-0.39, 0.29) is 17.8 Å². The van der Waals surface area contributed by atoms with Crippen LogP contribution in [-0.4, -0.2) is 23.3 Å². The molecule has 6 heteroatoms. The highest BCUT2D eigenvalue weighted by molar-refractivity contribution is 7.18. The van der Waals surface area contributed by atoms with Crippen molar-refractivity contribution in [3.63, 3.8) is 0 Å². The summed E-state index contributed by atoms with van der Waals surface area (Å²) in [6.45, 7) is 4.72. The molecule has 0 saturated carbocycles. The van der Waals surface area contributed by atoms with Gasteiger partial charge in [0.25, 0.3) is 5.56 Å². The van der Waals surface area contributed by atoms with E-state index in [0.29, 0.717) is 29.9 Å². The average molecular weight is 346 g/mol. The van der Waals surface area contributed by atoms with Crippen LogP contribution in [0, 0.1) is 19.7 Å². The number of aryl methyl sites for hydroxylation is 2. The summed E-state index contributed by atoms with van der Waals surface area (Å²) in [7, 11) is 1.59. The molecule has 1 aromatic carbocycles. The van der Waals surface area contributed by atoms with Gasteiger partial charge in [-0.15, -0.1) is 11.3 Å². The smallest absolute Gasteiger partial charge is 0.262 e. The van der Waals surface area contributed by atoms with Crippen molar-refractivity contribution < 1.29 is 9.13 Å². The van der Waals surface area contributed by atoms with Crippen LogP contribution in [0.1, 0.15) is 21.8 Å². The number of hydrogen-bond acceptors (Lipinski definition) is 4. The first-order chi connectivity index (χ1) is 11.5. The second-order valence-corrected chi connectivity index (χ2v) is 6.91. The summed E-state index contributed by atoms with van der Waals surface area (Å²) in [5.74, 6) is 0.277. The zero-order valence-electron chi connectivity index (χ0n) is 13.9. The lowest BCUT2D eigenvalue weighted by Crippen LogP contribution is -2.27. The molecule has 0 unspecified atom stereocenters. The fraction of sp³-hybridized carbons (Fsp3) is 0.333. The molecular weight excluding hydrogens is 327 g/mol. The number of rotatable bonds is 5. The first-order valence-electron chi connectivity index (χ1n) is 7.74. The van der Waals surface area contributed by atoms with E-state index in [4.69, 9.17) is 4.74 Å². The average Bonchev–Trinajstić information content (AvgIpc) is 2.84. The summed E-state index contributed by atoms with van der Waals surface area (Å²) in [4.78, 5) is 19.4. The number of hydrogen-bond donors (Lipinski definition) is 0. The fourth-order valence-corrected chi connectivity index (χ4v) is 3.77. The summed E-state index contributed by atoms with van der Waals surface area (Å²) in [5, 5.41) is 0.658. The Morgan fingerprint density at radius 2 is 2.04 bits per heavy atom. The molecule has 4 nitrogen and oxygen atoms in total. The molecule has 2 aromatic heterocycles. The predicted molar refractivity (Wildman–Crippen MR) is 94.4 cm³/mol. The van der Waals surface area contributed by atoms with Gasteiger partial charge in [-0.05, 0) is 31.0 Å². The number of fused-ring (bicyclic) bond motifs is 1. The molecule has 0 aliphatic heterocycles. The summed E-state index contributed by atoms with van der Waals surface area (Å²) >= 11 is 1.50. The van der Waals surface area contributed by atoms with Gasteiger partial charge in [-0.25, -0.2) is 9.37 Å². The van der Waals surface area contributed by atoms with E-state index in [1.807, 2.05) is 13.8 Å². The minimum Gasteiger partial charge on any atom is -0.383 e. The first kappa shape index (κ1) is 16.8. The van der Waals surface area contributed by atoms with Crippen LogP contribution in [-0.2, 0) is 17.7 Å². The van der Waals surface area contributed by atoms with Crippen molar-refractivity contribution in [3.05, 3.63) is 62.3 Å². The molecule has 3 rings (SSSR count). The molecular formula is C18H19FN2O2S. The molecule has 0 bridgehead atoms. The lowest BCUT2D eigenvalue weighted by atomic mass is 10.1. The lowest BCUT2D eigenvalue weighted by molar-refractivity contribution is 0.185. The van der Waals surface area contributed by atoms with Crippen molar-refractivity contribution >= 4 is 21.6 Å². The standard InChI is InChI=1S/C18H19FN2O2S/c1-11-12(2)24-17-16(11)18(22)21(8-9-23-3)15(20-17)10-13-6-4-5-7-14(13)19/h4-7H,8-10H2,1-3H3. The Balaban J connectivity index is 2.18.